The van der Waals surface area contributed by atoms with Crippen molar-refractivity contribution < 1.29 is 28.5 Å². The summed E-state index contributed by atoms with van der Waals surface area (Å²) in [7, 11) is -4.69. The van der Waals surface area contributed by atoms with Gasteiger partial charge in [0.2, 0.25) is 0 Å². The molecule has 0 fully saturated rings. The van der Waals surface area contributed by atoms with Crippen molar-refractivity contribution in [2.24, 2.45) is 0 Å². The summed E-state index contributed by atoms with van der Waals surface area (Å²) in [4.78, 5) is 28.4. The highest BCUT2D eigenvalue weighted by Gasteiger charge is 2.24. The molecule has 0 bridgehead atoms. The molecule has 0 saturated heterocycles. The number of hydrogen-bond acceptors (Lipinski definition) is 5. The van der Waals surface area contributed by atoms with Crippen LogP contribution in [0, 0.1) is 10.1 Å². The Morgan fingerprint density at radius 1 is 1.04 bits per heavy atom. The Morgan fingerprint density at radius 2 is 1.63 bits per heavy atom. The van der Waals surface area contributed by atoms with Crippen LogP contribution in [0.3, 0.4) is 0 Å². The second kappa shape index (κ2) is 13.0. The van der Waals surface area contributed by atoms with Crippen molar-refractivity contribution in [3.63, 3.8) is 0 Å². The molecule has 1 rings (SSSR count). The first-order chi connectivity index (χ1) is 12.8. The minimum Gasteiger partial charge on any atom is -0.381 e. The predicted molar refractivity (Wildman–Crippen MR) is 102 cm³/mol. The normalized spacial score (nSPS) is 12.9. The molecule has 1 aromatic carbocycles. The Bertz CT molecular complexity index is 588. The van der Waals surface area contributed by atoms with E-state index in [1.54, 1.807) is 0 Å². The number of nitrogens with zero attached hydrogens (tertiary/aromatic N) is 1. The second-order valence-corrected chi connectivity index (χ2v) is 7.65. The smallest absolute Gasteiger partial charge is 0.381 e. The highest BCUT2D eigenvalue weighted by atomic mass is 31.2. The van der Waals surface area contributed by atoms with Gasteiger partial charge in [-0.1, -0.05) is 45.4 Å². The van der Waals surface area contributed by atoms with Crippen LogP contribution in [0.2, 0.25) is 0 Å². The average molecular weight is 403 g/mol. The van der Waals surface area contributed by atoms with E-state index in [1.165, 1.54) is 56.4 Å². The van der Waals surface area contributed by atoms with Crippen molar-refractivity contribution in [3.05, 3.63) is 39.9 Å². The summed E-state index contributed by atoms with van der Waals surface area (Å²) in [6, 6.07) is 5.44. The third-order valence-corrected chi connectivity index (χ3v) is 4.69. The van der Waals surface area contributed by atoms with Crippen LogP contribution in [-0.4, -0.2) is 27.9 Å². The van der Waals surface area contributed by atoms with E-state index in [2.05, 4.69) is 6.92 Å². The Morgan fingerprint density at radius 3 is 2.19 bits per heavy atom. The summed E-state index contributed by atoms with van der Waals surface area (Å²) in [5, 5.41) is 10.7. The first-order valence-electron chi connectivity index (χ1n) is 9.39. The first kappa shape index (κ1) is 23.7. The molecule has 0 saturated carbocycles. The van der Waals surface area contributed by atoms with Crippen molar-refractivity contribution in [2.45, 2.75) is 64.4 Å². The van der Waals surface area contributed by atoms with Gasteiger partial charge in [0.15, 0.2) is 0 Å². The van der Waals surface area contributed by atoms with Crippen LogP contribution in [0.25, 0.3) is 0 Å². The van der Waals surface area contributed by atoms with Gasteiger partial charge in [-0.15, -0.1) is 0 Å². The average Bonchev–Trinajstić information content (AvgIpc) is 2.61. The zero-order valence-corrected chi connectivity index (χ0v) is 16.7. The second-order valence-electron chi connectivity index (χ2n) is 6.46. The molecule has 0 amide bonds. The predicted octanol–water partition coefficient (Wildman–Crippen LogP) is 4.90. The lowest BCUT2D eigenvalue weighted by Crippen LogP contribution is -2.08. The Hall–Kier alpha value is -1.31. The number of phosphoric ester groups is 1. The highest BCUT2D eigenvalue weighted by molar-refractivity contribution is 7.46. The number of non-ortho nitro benzene ring substituents is 1. The van der Waals surface area contributed by atoms with E-state index in [4.69, 9.17) is 19.0 Å². The van der Waals surface area contributed by atoms with Crippen LogP contribution < -0.4 is 0 Å². The monoisotopic (exact) mass is 403 g/mol. The maximum absolute atomic E-state index is 11.2. The number of benzene rings is 1. The summed E-state index contributed by atoms with van der Waals surface area (Å²) in [6.07, 6.45) is 7.63. The number of ether oxygens (including phenoxy) is 1. The minimum absolute atomic E-state index is 0.0936. The van der Waals surface area contributed by atoms with Crippen LogP contribution in [-0.2, 0) is 13.8 Å². The van der Waals surface area contributed by atoms with Crippen LogP contribution in [0.1, 0.15) is 70.0 Å². The van der Waals surface area contributed by atoms with Gasteiger partial charge < -0.3 is 14.5 Å². The van der Waals surface area contributed by atoms with Crippen LogP contribution in [0.15, 0.2) is 24.3 Å². The van der Waals surface area contributed by atoms with Gasteiger partial charge in [0.1, 0.15) is 0 Å². The van der Waals surface area contributed by atoms with E-state index < -0.39 is 18.8 Å². The molecule has 0 aliphatic carbocycles. The molecule has 0 heterocycles. The van der Waals surface area contributed by atoms with Gasteiger partial charge in [0.25, 0.3) is 5.69 Å². The van der Waals surface area contributed by atoms with Crippen molar-refractivity contribution in [2.75, 3.05) is 13.2 Å². The molecule has 8 nitrogen and oxygen atoms in total. The first-order valence-corrected chi connectivity index (χ1v) is 10.9. The fraction of sp³-hybridized carbons (Fsp3) is 0.667. The molecule has 27 heavy (non-hydrogen) atoms. The highest BCUT2D eigenvalue weighted by Crippen LogP contribution is 2.43. The SMILES string of the molecule is CCCCCCCCCOCCC(OP(=O)(O)O)c1ccc([N+](=O)[O-])cc1. The van der Waals surface area contributed by atoms with Gasteiger partial charge in [0.05, 0.1) is 11.0 Å². The maximum Gasteiger partial charge on any atom is 0.470 e. The summed E-state index contributed by atoms with van der Waals surface area (Å²) >= 11 is 0. The van der Waals surface area contributed by atoms with Crippen molar-refractivity contribution in [1.29, 1.82) is 0 Å². The quantitative estimate of drug-likeness (QED) is 0.185. The standard InChI is InChI=1S/C18H30NO7P/c1-2-3-4-5-6-7-8-14-25-15-13-18(26-27(22,23)24)16-9-11-17(12-10-16)19(20)21/h9-12,18H,2-8,13-15H2,1H3,(H2,22,23,24). The molecular weight excluding hydrogens is 373 g/mol. The Kier molecular flexibility index (Phi) is 11.4. The van der Waals surface area contributed by atoms with Gasteiger partial charge in [-0.05, 0) is 24.1 Å². The molecule has 1 atom stereocenters. The number of nitro benzene ring substituents is 1. The van der Waals surface area contributed by atoms with Crippen LogP contribution in [0.4, 0.5) is 5.69 Å². The number of nitro groups is 1. The molecule has 154 valence electrons. The van der Waals surface area contributed by atoms with E-state index in [1.807, 2.05) is 0 Å². The van der Waals surface area contributed by atoms with Gasteiger partial charge >= 0.3 is 7.82 Å². The van der Waals surface area contributed by atoms with E-state index in [0.717, 1.165) is 12.8 Å². The van der Waals surface area contributed by atoms with E-state index in [0.29, 0.717) is 12.2 Å². The third kappa shape index (κ3) is 11.2. The maximum atomic E-state index is 11.2. The minimum atomic E-state index is -4.69. The Labute approximate surface area is 160 Å². The largest absolute Gasteiger partial charge is 0.470 e. The molecule has 1 unspecified atom stereocenters. The molecular formula is C18H30NO7P. The molecule has 0 radical (unpaired) electrons. The number of hydrogen-bond donors (Lipinski definition) is 2. The molecule has 2 N–H and O–H groups in total. The zero-order chi connectivity index (χ0) is 20.1. The molecule has 0 aliphatic heterocycles. The van der Waals surface area contributed by atoms with Gasteiger partial charge in [-0.3, -0.25) is 14.6 Å². The number of unbranched alkanes of at least 4 members (excludes halogenated alkanes) is 6. The Balaban J connectivity index is 2.38. The van der Waals surface area contributed by atoms with Crippen molar-refractivity contribution in [1.82, 2.24) is 0 Å². The van der Waals surface area contributed by atoms with Crippen molar-refractivity contribution >= 4 is 13.5 Å². The summed E-state index contributed by atoms with van der Waals surface area (Å²) < 4.78 is 21.6. The topological polar surface area (TPSA) is 119 Å². The molecule has 9 heteroatoms. The van der Waals surface area contributed by atoms with E-state index in [9.17, 15) is 14.7 Å². The fourth-order valence-corrected chi connectivity index (χ4v) is 3.27. The summed E-state index contributed by atoms with van der Waals surface area (Å²) in [5.41, 5.74) is 0.368. The van der Waals surface area contributed by atoms with Gasteiger partial charge in [-0.25, -0.2) is 4.57 Å². The molecule has 1 aromatic rings. The summed E-state index contributed by atoms with van der Waals surface area (Å²) in [5.74, 6) is 0. The van der Waals surface area contributed by atoms with Crippen LogP contribution >= 0.6 is 7.82 Å². The zero-order valence-electron chi connectivity index (χ0n) is 15.8. The van der Waals surface area contributed by atoms with E-state index >= 15 is 0 Å². The summed E-state index contributed by atoms with van der Waals surface area (Å²) in [6.45, 7) is 3.07. The lowest BCUT2D eigenvalue weighted by atomic mass is 10.1. The number of rotatable bonds is 15. The lowest BCUT2D eigenvalue weighted by Gasteiger charge is -2.18. The third-order valence-electron chi connectivity index (χ3n) is 4.16. The molecule has 0 spiro atoms. The lowest BCUT2D eigenvalue weighted by molar-refractivity contribution is -0.384. The molecule has 0 aromatic heterocycles. The number of phosphoric acid groups is 1. The van der Waals surface area contributed by atoms with Crippen molar-refractivity contribution in [3.8, 4) is 0 Å². The fourth-order valence-electron chi connectivity index (χ4n) is 2.71. The molecule has 0 aliphatic rings. The van der Waals surface area contributed by atoms with Gasteiger partial charge in [0, 0.05) is 31.8 Å². The van der Waals surface area contributed by atoms with Gasteiger partial charge in [-0.2, -0.15) is 0 Å². The van der Waals surface area contributed by atoms with E-state index in [-0.39, 0.29) is 18.7 Å². The van der Waals surface area contributed by atoms with Crippen LogP contribution in [0.5, 0.6) is 0 Å².